The highest BCUT2D eigenvalue weighted by molar-refractivity contribution is 7.98. The van der Waals surface area contributed by atoms with Crippen LogP contribution in [0.1, 0.15) is 25.8 Å². The topological polar surface area (TPSA) is 35.8 Å². The van der Waals surface area contributed by atoms with E-state index in [0.29, 0.717) is 0 Å². The van der Waals surface area contributed by atoms with Crippen molar-refractivity contribution in [1.29, 1.82) is 5.26 Å². The van der Waals surface area contributed by atoms with Crippen LogP contribution >= 0.6 is 11.8 Å². The first-order valence-corrected chi connectivity index (χ1v) is 7.13. The van der Waals surface area contributed by atoms with Gasteiger partial charge in [0.1, 0.15) is 5.54 Å². The summed E-state index contributed by atoms with van der Waals surface area (Å²) in [4.78, 5) is 0. The normalized spacial score (nSPS) is 13.9. The van der Waals surface area contributed by atoms with E-state index in [9.17, 15) is 5.26 Å². The molecule has 0 aromatic heterocycles. The van der Waals surface area contributed by atoms with Crippen molar-refractivity contribution < 1.29 is 0 Å². The number of nitriles is 1. The molecule has 0 saturated heterocycles. The van der Waals surface area contributed by atoms with Gasteiger partial charge >= 0.3 is 0 Å². The molecule has 0 fully saturated rings. The van der Waals surface area contributed by atoms with Crippen LogP contribution in [0.5, 0.6) is 0 Å². The Morgan fingerprint density at radius 1 is 1.35 bits per heavy atom. The number of benzene rings is 1. The third-order valence-electron chi connectivity index (χ3n) is 2.51. The van der Waals surface area contributed by atoms with Crippen LogP contribution < -0.4 is 5.32 Å². The molecule has 0 aliphatic carbocycles. The van der Waals surface area contributed by atoms with Gasteiger partial charge in [0.2, 0.25) is 0 Å². The van der Waals surface area contributed by atoms with Gasteiger partial charge in [-0.15, -0.1) is 0 Å². The van der Waals surface area contributed by atoms with E-state index in [2.05, 4.69) is 42.6 Å². The molecule has 0 aliphatic rings. The zero-order chi connectivity index (χ0) is 12.6. The molecule has 0 bridgehead atoms. The predicted octanol–water partition coefficient (Wildman–Crippen LogP) is 3.20. The van der Waals surface area contributed by atoms with Crippen LogP contribution in [-0.4, -0.2) is 17.8 Å². The maximum Gasteiger partial charge on any atom is 0.113 e. The second kappa shape index (κ2) is 7.37. The Hall–Kier alpha value is -0.980. The van der Waals surface area contributed by atoms with E-state index >= 15 is 0 Å². The summed E-state index contributed by atoms with van der Waals surface area (Å²) in [5.74, 6) is 1.78. The second-order valence-electron chi connectivity index (χ2n) is 4.35. The van der Waals surface area contributed by atoms with Crippen molar-refractivity contribution in [2.75, 3.05) is 12.3 Å². The van der Waals surface area contributed by atoms with Crippen molar-refractivity contribution in [1.82, 2.24) is 5.32 Å². The van der Waals surface area contributed by atoms with E-state index in [4.69, 9.17) is 0 Å². The maximum absolute atomic E-state index is 9.18. The lowest BCUT2D eigenvalue weighted by atomic mass is 10.1. The van der Waals surface area contributed by atoms with E-state index in [1.807, 2.05) is 13.0 Å². The van der Waals surface area contributed by atoms with Crippen LogP contribution in [0.25, 0.3) is 0 Å². The predicted molar refractivity (Wildman–Crippen MR) is 74.9 cm³/mol. The fraction of sp³-hybridized carbons (Fsp3) is 0.500. The lowest BCUT2D eigenvalue weighted by Crippen LogP contribution is -2.43. The Balaban J connectivity index is 2.36. The Morgan fingerprint density at radius 3 is 2.65 bits per heavy atom. The molecule has 0 spiro atoms. The van der Waals surface area contributed by atoms with Gasteiger partial charge in [0, 0.05) is 11.5 Å². The highest BCUT2D eigenvalue weighted by Gasteiger charge is 2.22. The van der Waals surface area contributed by atoms with Crippen molar-refractivity contribution in [2.45, 2.75) is 31.6 Å². The lowest BCUT2D eigenvalue weighted by Gasteiger charge is -2.22. The molecule has 2 nitrogen and oxygen atoms in total. The fourth-order valence-corrected chi connectivity index (χ4v) is 2.58. The monoisotopic (exact) mass is 248 g/mol. The molecule has 0 heterocycles. The molecule has 1 aromatic rings. The van der Waals surface area contributed by atoms with Crippen LogP contribution in [-0.2, 0) is 5.75 Å². The van der Waals surface area contributed by atoms with Gasteiger partial charge in [-0.05, 0) is 25.5 Å². The summed E-state index contributed by atoms with van der Waals surface area (Å²) < 4.78 is 0. The van der Waals surface area contributed by atoms with E-state index in [-0.39, 0.29) is 0 Å². The van der Waals surface area contributed by atoms with Gasteiger partial charge < -0.3 is 0 Å². The zero-order valence-corrected chi connectivity index (χ0v) is 11.4. The average molecular weight is 248 g/mol. The Morgan fingerprint density at radius 2 is 2.06 bits per heavy atom. The Bertz CT molecular complexity index is 358. The molecule has 0 amide bonds. The molecule has 1 rings (SSSR count). The first-order valence-electron chi connectivity index (χ1n) is 5.98. The molecule has 1 unspecified atom stereocenters. The first-order chi connectivity index (χ1) is 8.20. The Kier molecular flexibility index (Phi) is 6.10. The number of hydrogen-bond donors (Lipinski definition) is 1. The number of hydrogen-bond acceptors (Lipinski definition) is 3. The van der Waals surface area contributed by atoms with Crippen molar-refractivity contribution >= 4 is 11.8 Å². The molecular weight excluding hydrogens is 228 g/mol. The van der Waals surface area contributed by atoms with Crippen molar-refractivity contribution in [2.24, 2.45) is 0 Å². The van der Waals surface area contributed by atoms with Crippen LogP contribution in [0.3, 0.4) is 0 Å². The highest BCUT2D eigenvalue weighted by atomic mass is 32.2. The lowest BCUT2D eigenvalue weighted by molar-refractivity contribution is 0.493. The standard InChI is InChI=1S/C14H20N2S/c1-3-9-16-14(2,11-15)12-17-10-13-7-5-4-6-8-13/h4-8,16H,3,9-10,12H2,1-2H3. The Labute approximate surface area is 108 Å². The van der Waals surface area contributed by atoms with E-state index in [1.54, 1.807) is 11.8 Å². The van der Waals surface area contributed by atoms with Crippen molar-refractivity contribution in [3.8, 4) is 6.07 Å². The summed E-state index contributed by atoms with van der Waals surface area (Å²) in [7, 11) is 0. The fourth-order valence-electron chi connectivity index (χ4n) is 1.47. The summed E-state index contributed by atoms with van der Waals surface area (Å²) in [5.41, 5.74) is 0.906. The quantitative estimate of drug-likeness (QED) is 0.805. The maximum atomic E-state index is 9.18. The van der Waals surface area contributed by atoms with Crippen LogP contribution in [0.2, 0.25) is 0 Å². The zero-order valence-electron chi connectivity index (χ0n) is 10.6. The molecule has 1 aromatic carbocycles. The minimum Gasteiger partial charge on any atom is -0.299 e. The van der Waals surface area contributed by atoms with Crippen molar-refractivity contribution in [3.63, 3.8) is 0 Å². The first kappa shape index (κ1) is 14.1. The summed E-state index contributed by atoms with van der Waals surface area (Å²) >= 11 is 1.80. The molecule has 1 N–H and O–H groups in total. The van der Waals surface area contributed by atoms with Gasteiger partial charge in [0.15, 0.2) is 0 Å². The van der Waals surface area contributed by atoms with Gasteiger partial charge in [0.05, 0.1) is 6.07 Å². The van der Waals surface area contributed by atoms with E-state index in [0.717, 1.165) is 24.5 Å². The number of thioether (sulfide) groups is 1. The second-order valence-corrected chi connectivity index (χ2v) is 5.33. The number of nitrogens with one attached hydrogen (secondary N) is 1. The van der Waals surface area contributed by atoms with Crippen molar-refractivity contribution in [3.05, 3.63) is 35.9 Å². The molecule has 3 heteroatoms. The largest absolute Gasteiger partial charge is 0.299 e. The summed E-state index contributed by atoms with van der Waals surface area (Å²) in [6.07, 6.45) is 1.06. The third kappa shape index (κ3) is 5.25. The smallest absolute Gasteiger partial charge is 0.113 e. The minimum atomic E-state index is -0.407. The summed E-state index contributed by atoms with van der Waals surface area (Å²) in [6.45, 7) is 4.98. The summed E-state index contributed by atoms with van der Waals surface area (Å²) in [5, 5.41) is 12.5. The number of nitrogens with zero attached hydrogens (tertiary/aromatic N) is 1. The minimum absolute atomic E-state index is 0.407. The van der Waals surface area contributed by atoms with E-state index < -0.39 is 5.54 Å². The molecule has 1 atom stereocenters. The van der Waals surface area contributed by atoms with Crippen LogP contribution in [0, 0.1) is 11.3 Å². The van der Waals surface area contributed by atoms with E-state index in [1.165, 1.54) is 5.56 Å². The van der Waals surface area contributed by atoms with Gasteiger partial charge in [-0.25, -0.2) is 0 Å². The number of rotatable bonds is 7. The molecule has 0 saturated carbocycles. The molecule has 17 heavy (non-hydrogen) atoms. The van der Waals surface area contributed by atoms with Gasteiger partial charge in [-0.3, -0.25) is 5.32 Å². The third-order valence-corrected chi connectivity index (χ3v) is 3.83. The molecule has 0 aliphatic heterocycles. The summed E-state index contributed by atoms with van der Waals surface area (Å²) in [6, 6.07) is 12.7. The van der Waals surface area contributed by atoms with Gasteiger partial charge in [-0.2, -0.15) is 17.0 Å². The molecule has 92 valence electrons. The van der Waals surface area contributed by atoms with Gasteiger partial charge in [0.25, 0.3) is 0 Å². The van der Waals surface area contributed by atoms with Gasteiger partial charge in [-0.1, -0.05) is 37.3 Å². The van der Waals surface area contributed by atoms with Crippen LogP contribution in [0.15, 0.2) is 30.3 Å². The highest BCUT2D eigenvalue weighted by Crippen LogP contribution is 2.17. The molecule has 0 radical (unpaired) electrons. The van der Waals surface area contributed by atoms with Crippen LogP contribution in [0.4, 0.5) is 0 Å². The molecular formula is C14H20N2S. The average Bonchev–Trinajstić information content (AvgIpc) is 2.38. The SMILES string of the molecule is CCCNC(C)(C#N)CSCc1ccccc1.